The highest BCUT2D eigenvalue weighted by atomic mass is 79.9. The van der Waals surface area contributed by atoms with Gasteiger partial charge >= 0.3 is 0 Å². The SMILES string of the molecule is Brc1ccc(C2(CC3=NCCN3)CC2)cc1. The molecule has 0 aromatic heterocycles. The number of hydrogen-bond acceptors (Lipinski definition) is 2. The van der Waals surface area contributed by atoms with Gasteiger partial charge in [-0.25, -0.2) is 0 Å². The fourth-order valence-electron chi connectivity index (χ4n) is 2.41. The third-order valence-electron chi connectivity index (χ3n) is 3.56. The fraction of sp³-hybridized carbons (Fsp3) is 0.462. The molecule has 1 aromatic carbocycles. The normalized spacial score (nSPS) is 21.4. The molecule has 1 aliphatic heterocycles. The van der Waals surface area contributed by atoms with Gasteiger partial charge in [-0.3, -0.25) is 4.99 Å². The lowest BCUT2D eigenvalue weighted by Gasteiger charge is -2.16. The molecular formula is C13H15BrN2. The second-order valence-corrected chi connectivity index (χ2v) is 5.63. The van der Waals surface area contributed by atoms with Crippen molar-refractivity contribution >= 4 is 21.8 Å². The van der Waals surface area contributed by atoms with Gasteiger partial charge in [-0.2, -0.15) is 0 Å². The first-order valence-electron chi connectivity index (χ1n) is 5.82. The van der Waals surface area contributed by atoms with Gasteiger partial charge in [-0.1, -0.05) is 28.1 Å². The minimum Gasteiger partial charge on any atom is -0.372 e. The van der Waals surface area contributed by atoms with Crippen molar-refractivity contribution in [3.63, 3.8) is 0 Å². The van der Waals surface area contributed by atoms with Crippen molar-refractivity contribution in [3.8, 4) is 0 Å². The van der Waals surface area contributed by atoms with E-state index in [1.165, 1.54) is 24.2 Å². The van der Waals surface area contributed by atoms with Crippen LogP contribution in [-0.2, 0) is 5.41 Å². The molecule has 0 radical (unpaired) electrons. The second kappa shape index (κ2) is 3.88. The van der Waals surface area contributed by atoms with Crippen LogP contribution in [0.2, 0.25) is 0 Å². The summed E-state index contributed by atoms with van der Waals surface area (Å²) in [5.41, 5.74) is 1.85. The predicted octanol–water partition coefficient (Wildman–Crippen LogP) is 2.87. The van der Waals surface area contributed by atoms with Crippen molar-refractivity contribution in [1.82, 2.24) is 5.32 Å². The van der Waals surface area contributed by atoms with Crippen molar-refractivity contribution in [1.29, 1.82) is 0 Å². The summed E-state index contributed by atoms with van der Waals surface area (Å²) in [7, 11) is 0. The molecule has 1 heterocycles. The summed E-state index contributed by atoms with van der Waals surface area (Å²) < 4.78 is 1.16. The summed E-state index contributed by atoms with van der Waals surface area (Å²) in [5.74, 6) is 1.21. The third kappa shape index (κ3) is 1.88. The Balaban J connectivity index is 1.80. The van der Waals surface area contributed by atoms with Gasteiger partial charge in [0.25, 0.3) is 0 Å². The van der Waals surface area contributed by atoms with Gasteiger partial charge in [0.15, 0.2) is 0 Å². The molecule has 0 unspecified atom stereocenters. The number of benzene rings is 1. The van der Waals surface area contributed by atoms with Crippen molar-refractivity contribution in [2.75, 3.05) is 13.1 Å². The maximum atomic E-state index is 4.50. The first kappa shape index (κ1) is 10.3. The first-order chi connectivity index (χ1) is 7.78. The topological polar surface area (TPSA) is 24.4 Å². The largest absolute Gasteiger partial charge is 0.372 e. The fourth-order valence-corrected chi connectivity index (χ4v) is 2.67. The molecule has 2 aliphatic rings. The Labute approximate surface area is 104 Å². The zero-order valence-corrected chi connectivity index (χ0v) is 10.8. The van der Waals surface area contributed by atoms with Gasteiger partial charge in [-0.05, 0) is 30.5 Å². The average molecular weight is 279 g/mol. The molecule has 84 valence electrons. The quantitative estimate of drug-likeness (QED) is 0.904. The summed E-state index contributed by atoms with van der Waals surface area (Å²) in [6.45, 7) is 1.97. The van der Waals surface area contributed by atoms with Crippen LogP contribution in [0.3, 0.4) is 0 Å². The van der Waals surface area contributed by atoms with Crippen LogP contribution in [0.25, 0.3) is 0 Å². The lowest BCUT2D eigenvalue weighted by atomic mass is 9.92. The summed E-state index contributed by atoms with van der Waals surface area (Å²) in [5, 5.41) is 3.37. The molecule has 2 nitrogen and oxygen atoms in total. The Hall–Kier alpha value is -0.830. The van der Waals surface area contributed by atoms with Crippen LogP contribution in [0.5, 0.6) is 0 Å². The van der Waals surface area contributed by atoms with Gasteiger partial charge in [-0.15, -0.1) is 0 Å². The molecule has 16 heavy (non-hydrogen) atoms. The average Bonchev–Trinajstić information content (AvgIpc) is 2.88. The van der Waals surface area contributed by atoms with Crippen molar-refractivity contribution in [2.24, 2.45) is 4.99 Å². The molecular weight excluding hydrogens is 264 g/mol. The van der Waals surface area contributed by atoms with E-state index in [1.54, 1.807) is 0 Å². The Morgan fingerprint density at radius 3 is 2.56 bits per heavy atom. The molecule has 3 heteroatoms. The standard InChI is InChI=1S/C13H15BrN2/c14-11-3-1-10(2-4-11)13(5-6-13)9-12-15-7-8-16-12/h1-4H,5-9H2,(H,15,16). The van der Waals surface area contributed by atoms with Gasteiger partial charge in [0.1, 0.15) is 0 Å². The molecule has 1 N–H and O–H groups in total. The zero-order chi connectivity index (χ0) is 11.0. The van der Waals surface area contributed by atoms with Crippen molar-refractivity contribution in [3.05, 3.63) is 34.3 Å². The van der Waals surface area contributed by atoms with E-state index < -0.39 is 0 Å². The molecule has 1 fully saturated rings. The van der Waals surface area contributed by atoms with Crippen LogP contribution in [0, 0.1) is 0 Å². The maximum absolute atomic E-state index is 4.50. The summed E-state index contributed by atoms with van der Waals surface area (Å²) >= 11 is 3.48. The highest BCUT2D eigenvalue weighted by Crippen LogP contribution is 2.51. The molecule has 3 rings (SSSR count). The number of halogens is 1. The monoisotopic (exact) mass is 278 g/mol. The van der Waals surface area contributed by atoms with E-state index in [-0.39, 0.29) is 0 Å². The van der Waals surface area contributed by atoms with E-state index in [0.717, 1.165) is 24.0 Å². The van der Waals surface area contributed by atoms with Crippen molar-refractivity contribution in [2.45, 2.75) is 24.7 Å². The molecule has 0 bridgehead atoms. The predicted molar refractivity (Wildman–Crippen MR) is 70.0 cm³/mol. The molecule has 1 aromatic rings. The Kier molecular flexibility index (Phi) is 2.51. The van der Waals surface area contributed by atoms with Crippen LogP contribution < -0.4 is 5.32 Å². The molecule has 0 spiro atoms. The molecule has 0 atom stereocenters. The van der Waals surface area contributed by atoms with Gasteiger partial charge in [0, 0.05) is 22.9 Å². The first-order valence-corrected chi connectivity index (χ1v) is 6.61. The Morgan fingerprint density at radius 1 is 1.25 bits per heavy atom. The van der Waals surface area contributed by atoms with E-state index in [4.69, 9.17) is 0 Å². The minimum atomic E-state index is 0.386. The summed E-state index contributed by atoms with van der Waals surface area (Å²) in [6.07, 6.45) is 3.69. The minimum absolute atomic E-state index is 0.386. The van der Waals surface area contributed by atoms with Gasteiger partial charge in [0.05, 0.1) is 12.4 Å². The number of hydrogen-bond donors (Lipinski definition) is 1. The molecule has 0 amide bonds. The highest BCUT2D eigenvalue weighted by molar-refractivity contribution is 9.10. The lowest BCUT2D eigenvalue weighted by Crippen LogP contribution is -2.23. The van der Waals surface area contributed by atoms with E-state index in [0.29, 0.717) is 5.41 Å². The molecule has 1 aliphatic carbocycles. The molecule has 1 saturated carbocycles. The highest BCUT2D eigenvalue weighted by Gasteiger charge is 2.45. The Morgan fingerprint density at radius 2 is 2.00 bits per heavy atom. The second-order valence-electron chi connectivity index (χ2n) is 4.72. The maximum Gasteiger partial charge on any atom is 0.0973 e. The number of aliphatic imine (C=N–C) groups is 1. The summed E-state index contributed by atoms with van der Waals surface area (Å²) in [6, 6.07) is 8.76. The van der Waals surface area contributed by atoms with Crippen LogP contribution in [0.1, 0.15) is 24.8 Å². The smallest absolute Gasteiger partial charge is 0.0973 e. The number of rotatable bonds is 3. The molecule has 0 saturated heterocycles. The van der Waals surface area contributed by atoms with Crippen molar-refractivity contribution < 1.29 is 0 Å². The number of nitrogens with one attached hydrogen (secondary N) is 1. The van der Waals surface area contributed by atoms with E-state index in [9.17, 15) is 0 Å². The number of nitrogens with zero attached hydrogens (tertiary/aromatic N) is 1. The Bertz CT molecular complexity index is 418. The lowest BCUT2D eigenvalue weighted by molar-refractivity contribution is 0.717. The third-order valence-corrected chi connectivity index (χ3v) is 4.09. The number of amidine groups is 1. The van der Waals surface area contributed by atoms with Gasteiger partial charge < -0.3 is 5.32 Å². The van der Waals surface area contributed by atoms with Crippen LogP contribution in [-0.4, -0.2) is 18.9 Å². The van der Waals surface area contributed by atoms with Gasteiger partial charge in [0.2, 0.25) is 0 Å². The van der Waals surface area contributed by atoms with Crippen LogP contribution in [0.15, 0.2) is 33.7 Å². The van der Waals surface area contributed by atoms with Crippen LogP contribution >= 0.6 is 15.9 Å². The van der Waals surface area contributed by atoms with E-state index in [1.807, 2.05) is 0 Å². The summed E-state index contributed by atoms with van der Waals surface area (Å²) in [4.78, 5) is 4.50. The van der Waals surface area contributed by atoms with Crippen LogP contribution in [0.4, 0.5) is 0 Å². The van der Waals surface area contributed by atoms with E-state index in [2.05, 4.69) is 50.5 Å². The zero-order valence-electron chi connectivity index (χ0n) is 9.17. The van der Waals surface area contributed by atoms with E-state index >= 15 is 0 Å².